The van der Waals surface area contributed by atoms with Gasteiger partial charge in [0.05, 0.1) is 11.2 Å². The number of nitrogens with one attached hydrogen (secondary N) is 1. The zero-order valence-electron chi connectivity index (χ0n) is 14.0. The molecular weight excluding hydrogens is 344 g/mol. The fourth-order valence-corrected chi connectivity index (χ4v) is 2.74. The Labute approximate surface area is 151 Å². The van der Waals surface area contributed by atoms with Crippen molar-refractivity contribution in [2.75, 3.05) is 26.9 Å². The number of carbonyl (C=O) groups is 1. The molecule has 0 aliphatic rings. The molecule has 1 heterocycles. The molecule has 24 heavy (non-hydrogen) atoms. The molecule has 0 spiro atoms. The van der Waals surface area contributed by atoms with Crippen molar-refractivity contribution < 1.29 is 4.79 Å². The Hall–Kier alpha value is -1.63. The van der Waals surface area contributed by atoms with Crippen LogP contribution in [-0.4, -0.2) is 53.7 Å². The summed E-state index contributed by atoms with van der Waals surface area (Å²) in [5.41, 5.74) is 1.45. The summed E-state index contributed by atoms with van der Waals surface area (Å²) >= 11 is 7.42. The second-order valence-corrected chi connectivity index (χ2v) is 6.75. The van der Waals surface area contributed by atoms with Crippen LogP contribution >= 0.6 is 23.4 Å². The van der Waals surface area contributed by atoms with Crippen LogP contribution in [0.2, 0.25) is 5.02 Å². The molecule has 0 radical (unpaired) electrons. The van der Waals surface area contributed by atoms with Gasteiger partial charge in [0.25, 0.3) is 5.91 Å². The average molecular weight is 365 g/mol. The number of thioether (sulfide) groups is 1. The molecule has 0 saturated carbocycles. The first-order valence-corrected chi connectivity index (χ1v) is 9.16. The fraction of sp³-hybridized carbons (Fsp3) is 0.353. The first-order valence-electron chi connectivity index (χ1n) is 7.56. The van der Waals surface area contributed by atoms with Gasteiger partial charge in [0.1, 0.15) is 0 Å². The van der Waals surface area contributed by atoms with E-state index in [4.69, 9.17) is 11.6 Å². The van der Waals surface area contributed by atoms with Crippen molar-refractivity contribution in [3.8, 4) is 0 Å². The van der Waals surface area contributed by atoms with E-state index in [1.54, 1.807) is 0 Å². The van der Waals surface area contributed by atoms with Crippen molar-refractivity contribution in [1.82, 2.24) is 20.2 Å². The highest BCUT2D eigenvalue weighted by Gasteiger charge is 2.17. The van der Waals surface area contributed by atoms with Gasteiger partial charge in [0.15, 0.2) is 10.9 Å². The number of amides is 1. The molecule has 128 valence electrons. The van der Waals surface area contributed by atoms with Gasteiger partial charge < -0.3 is 10.2 Å². The summed E-state index contributed by atoms with van der Waals surface area (Å²) in [5, 5.41) is 3.71. The number of halogens is 1. The minimum absolute atomic E-state index is 0.178. The molecule has 5 nitrogen and oxygen atoms in total. The quantitative estimate of drug-likeness (QED) is 0.604. The molecule has 0 fully saturated rings. The van der Waals surface area contributed by atoms with Gasteiger partial charge in [0.2, 0.25) is 0 Å². The van der Waals surface area contributed by atoms with E-state index in [2.05, 4.69) is 32.3 Å². The monoisotopic (exact) mass is 364 g/mol. The lowest BCUT2D eigenvalue weighted by Crippen LogP contribution is -2.41. The Balaban J connectivity index is 2.02. The Morgan fingerprint density at radius 2 is 2.04 bits per heavy atom. The van der Waals surface area contributed by atoms with Crippen LogP contribution in [0.4, 0.5) is 0 Å². The number of likely N-dealkylation sites (N-methyl/N-ethyl adjacent to an activating group) is 1. The molecule has 7 heteroatoms. The molecule has 1 N–H and O–H groups in total. The van der Waals surface area contributed by atoms with Gasteiger partial charge in [0, 0.05) is 12.6 Å². The van der Waals surface area contributed by atoms with Crippen LogP contribution < -0.4 is 5.32 Å². The Morgan fingerprint density at radius 3 is 2.67 bits per heavy atom. The minimum Gasteiger partial charge on any atom is -0.349 e. The lowest BCUT2D eigenvalue weighted by atomic mass is 10.1. The Bertz CT molecular complexity index is 682. The summed E-state index contributed by atoms with van der Waals surface area (Å²) in [6.07, 6.45) is 4.16. The van der Waals surface area contributed by atoms with Crippen molar-refractivity contribution in [3.05, 3.63) is 52.8 Å². The number of hydrogen-bond acceptors (Lipinski definition) is 5. The predicted molar refractivity (Wildman–Crippen MR) is 98.8 cm³/mol. The molecule has 1 aromatic heterocycles. The van der Waals surface area contributed by atoms with Gasteiger partial charge in [-0.1, -0.05) is 53.7 Å². The van der Waals surface area contributed by atoms with Crippen LogP contribution in [0.3, 0.4) is 0 Å². The molecule has 1 aromatic carbocycles. The first-order chi connectivity index (χ1) is 11.5. The van der Waals surface area contributed by atoms with Crippen LogP contribution in [0, 0.1) is 0 Å². The van der Waals surface area contributed by atoms with Gasteiger partial charge in [-0.05, 0) is 32.3 Å². The third-order valence-electron chi connectivity index (χ3n) is 3.66. The topological polar surface area (TPSA) is 58.1 Å². The van der Waals surface area contributed by atoms with Gasteiger partial charge in [-0.15, -0.1) is 0 Å². The van der Waals surface area contributed by atoms with Crippen LogP contribution in [-0.2, 0) is 6.42 Å². The maximum Gasteiger partial charge on any atom is 0.271 e. The highest BCUT2D eigenvalue weighted by Crippen LogP contribution is 2.16. The molecule has 1 unspecified atom stereocenters. The van der Waals surface area contributed by atoms with E-state index in [0.29, 0.717) is 11.7 Å². The fourth-order valence-electron chi connectivity index (χ4n) is 2.23. The van der Waals surface area contributed by atoms with Crippen molar-refractivity contribution >= 4 is 29.3 Å². The summed E-state index contributed by atoms with van der Waals surface area (Å²) in [6.45, 7) is 0.510. The van der Waals surface area contributed by atoms with E-state index in [1.807, 2.05) is 38.6 Å². The van der Waals surface area contributed by atoms with E-state index in [0.717, 1.165) is 6.42 Å². The summed E-state index contributed by atoms with van der Waals surface area (Å²) in [4.78, 5) is 22.7. The van der Waals surface area contributed by atoms with Crippen LogP contribution in [0.15, 0.2) is 41.7 Å². The smallest absolute Gasteiger partial charge is 0.271 e. The standard InChI is InChI=1S/C17H21ClN4OS/c1-22(2)13(9-12-7-5-4-6-8-12)10-19-16(23)15-14(18)11-20-17(21-15)24-3/h4-8,11,13H,9-10H2,1-3H3,(H,19,23). The highest BCUT2D eigenvalue weighted by molar-refractivity contribution is 7.98. The number of nitrogens with zero attached hydrogens (tertiary/aromatic N) is 3. The van der Waals surface area contributed by atoms with Crippen molar-refractivity contribution in [3.63, 3.8) is 0 Å². The molecule has 0 aliphatic carbocycles. The van der Waals surface area contributed by atoms with E-state index >= 15 is 0 Å². The van der Waals surface area contributed by atoms with Crippen molar-refractivity contribution in [1.29, 1.82) is 0 Å². The predicted octanol–water partition coefficient (Wildman–Crippen LogP) is 2.75. The number of hydrogen-bond donors (Lipinski definition) is 1. The summed E-state index contributed by atoms with van der Waals surface area (Å²) < 4.78 is 0. The zero-order valence-corrected chi connectivity index (χ0v) is 15.6. The molecule has 2 rings (SSSR count). The molecule has 0 saturated heterocycles. The number of carbonyl (C=O) groups excluding carboxylic acids is 1. The van der Waals surface area contributed by atoms with Crippen molar-refractivity contribution in [2.24, 2.45) is 0 Å². The van der Waals surface area contributed by atoms with E-state index in [9.17, 15) is 4.79 Å². The molecule has 0 bridgehead atoms. The van der Waals surface area contributed by atoms with Gasteiger partial charge in [-0.2, -0.15) is 0 Å². The average Bonchev–Trinajstić information content (AvgIpc) is 2.59. The van der Waals surface area contributed by atoms with Crippen LogP contribution in [0.5, 0.6) is 0 Å². The van der Waals surface area contributed by atoms with E-state index in [1.165, 1.54) is 23.5 Å². The highest BCUT2D eigenvalue weighted by atomic mass is 35.5. The SMILES string of the molecule is CSc1ncc(Cl)c(C(=O)NCC(Cc2ccccc2)N(C)C)n1. The third kappa shape index (κ3) is 5.19. The first kappa shape index (κ1) is 18.7. The number of benzene rings is 1. The second-order valence-electron chi connectivity index (χ2n) is 5.57. The van der Waals surface area contributed by atoms with Gasteiger partial charge in [-0.3, -0.25) is 4.79 Å². The van der Waals surface area contributed by atoms with Crippen LogP contribution in [0.25, 0.3) is 0 Å². The third-order valence-corrected chi connectivity index (χ3v) is 4.50. The normalized spacial score (nSPS) is 12.2. The Morgan fingerprint density at radius 1 is 1.33 bits per heavy atom. The molecule has 0 aliphatic heterocycles. The maximum atomic E-state index is 12.4. The van der Waals surface area contributed by atoms with E-state index < -0.39 is 0 Å². The molecule has 2 aromatic rings. The van der Waals surface area contributed by atoms with Gasteiger partial charge in [-0.25, -0.2) is 9.97 Å². The summed E-state index contributed by atoms with van der Waals surface area (Å²) in [5.74, 6) is -0.280. The van der Waals surface area contributed by atoms with Crippen LogP contribution in [0.1, 0.15) is 16.1 Å². The number of aromatic nitrogens is 2. The van der Waals surface area contributed by atoms with E-state index in [-0.39, 0.29) is 22.7 Å². The lowest BCUT2D eigenvalue weighted by Gasteiger charge is -2.24. The maximum absolute atomic E-state index is 12.4. The second kappa shape index (κ2) is 9.01. The largest absolute Gasteiger partial charge is 0.349 e. The lowest BCUT2D eigenvalue weighted by molar-refractivity contribution is 0.0936. The molecule has 1 amide bonds. The minimum atomic E-state index is -0.280. The summed E-state index contributed by atoms with van der Waals surface area (Å²) in [7, 11) is 4.01. The molecular formula is C17H21ClN4OS. The van der Waals surface area contributed by atoms with Gasteiger partial charge >= 0.3 is 0 Å². The number of rotatable bonds is 7. The Kier molecular flexibility index (Phi) is 7.02. The zero-order chi connectivity index (χ0) is 17.5. The van der Waals surface area contributed by atoms with Crippen molar-refractivity contribution in [2.45, 2.75) is 17.6 Å². The summed E-state index contributed by atoms with van der Waals surface area (Å²) in [6, 6.07) is 10.4. The molecule has 1 atom stereocenters.